The summed E-state index contributed by atoms with van der Waals surface area (Å²) in [6.45, 7) is 4.86. The first-order valence-corrected chi connectivity index (χ1v) is 11.1. The zero-order valence-electron chi connectivity index (χ0n) is 18.8. The van der Waals surface area contributed by atoms with Crippen LogP contribution in [0.25, 0.3) is 0 Å². The number of nitrogens with one attached hydrogen (secondary N) is 2. The highest BCUT2D eigenvalue weighted by Gasteiger charge is 2.69. The van der Waals surface area contributed by atoms with Crippen molar-refractivity contribution < 1.29 is 42.2 Å². The minimum absolute atomic E-state index is 0.0320. The van der Waals surface area contributed by atoms with E-state index in [-0.39, 0.29) is 42.5 Å². The van der Waals surface area contributed by atoms with Crippen LogP contribution in [0.4, 0.5) is 13.2 Å². The molecule has 0 aromatic rings. The second-order valence-electron chi connectivity index (χ2n) is 9.59. The summed E-state index contributed by atoms with van der Waals surface area (Å²) in [5.41, 5.74) is -0.236. The van der Waals surface area contributed by atoms with Gasteiger partial charge in [0.2, 0.25) is 11.8 Å². The van der Waals surface area contributed by atoms with E-state index in [0.717, 1.165) is 0 Å². The van der Waals surface area contributed by atoms with Gasteiger partial charge in [-0.25, -0.2) is 0 Å². The van der Waals surface area contributed by atoms with E-state index in [2.05, 4.69) is 15.4 Å². The zero-order valence-corrected chi connectivity index (χ0v) is 18.8. The number of alkyl halides is 3. The lowest BCUT2D eigenvalue weighted by molar-refractivity contribution is -0.321. The lowest BCUT2D eigenvalue weighted by Crippen LogP contribution is -2.56. The van der Waals surface area contributed by atoms with Crippen LogP contribution >= 0.6 is 0 Å². The molecule has 1 saturated carbocycles. The van der Waals surface area contributed by atoms with E-state index in [0.29, 0.717) is 13.0 Å². The maximum absolute atomic E-state index is 13.3. The molecule has 3 N–H and O–H groups in total. The number of rotatable bonds is 9. The van der Waals surface area contributed by atoms with Gasteiger partial charge < -0.3 is 20.6 Å². The fraction of sp³-hybridized carbons (Fsp3) is 0.810. The third-order valence-electron chi connectivity index (χ3n) is 7.20. The molecule has 186 valence electrons. The average Bonchev–Trinajstić information content (AvgIpc) is 3.11. The molecule has 3 rings (SSSR count). The molecule has 3 fully saturated rings. The van der Waals surface area contributed by atoms with Crippen LogP contribution in [-0.2, 0) is 23.9 Å². The van der Waals surface area contributed by atoms with Crippen molar-refractivity contribution in [2.45, 2.75) is 64.6 Å². The van der Waals surface area contributed by atoms with Crippen LogP contribution in [0.15, 0.2) is 0 Å². The number of hydrogen-bond donors (Lipinski definition) is 3. The highest BCUT2D eigenvalue weighted by molar-refractivity contribution is 5.95. The standard InChI is InChI=1S/C21H30F3N3O6/c1-4-13(28)19(32)27-8-11-15(20(11,2)3)16(27)18(31)26-12(7-10-5-6-25-17(10)30)14(29)9-33-21(22,23)24/h10-13,15-16,28H,4-9H2,1-3H3,(H,25,30)(H,26,31)/t10-,11-,12?,13?,15-,16-/m0/s1. The molecular weight excluding hydrogens is 447 g/mol. The van der Waals surface area contributed by atoms with E-state index < -0.39 is 54.7 Å². The monoisotopic (exact) mass is 477 g/mol. The molecule has 0 radical (unpaired) electrons. The number of fused-ring (bicyclic) bond motifs is 1. The Hall–Kier alpha value is -2.21. The molecule has 12 heteroatoms. The molecule has 2 unspecified atom stereocenters. The first kappa shape index (κ1) is 25.4. The summed E-state index contributed by atoms with van der Waals surface area (Å²) in [7, 11) is 0. The van der Waals surface area contributed by atoms with Gasteiger partial charge in [-0.15, -0.1) is 13.2 Å². The number of Topliss-reactive ketones (excluding diaryl/α,β-unsaturated/α-hetero) is 1. The predicted molar refractivity (Wildman–Crippen MR) is 107 cm³/mol. The van der Waals surface area contributed by atoms with E-state index in [1.54, 1.807) is 6.92 Å². The summed E-state index contributed by atoms with van der Waals surface area (Å²) in [5, 5.41) is 15.1. The first-order chi connectivity index (χ1) is 15.3. The van der Waals surface area contributed by atoms with Crippen molar-refractivity contribution in [1.82, 2.24) is 15.5 Å². The normalized spacial score (nSPS) is 29.8. The van der Waals surface area contributed by atoms with Crippen LogP contribution in [0.3, 0.4) is 0 Å². The van der Waals surface area contributed by atoms with Crippen molar-refractivity contribution >= 4 is 23.5 Å². The lowest BCUT2D eigenvalue weighted by atomic mass is 9.94. The molecule has 6 atom stereocenters. The summed E-state index contributed by atoms with van der Waals surface area (Å²) < 4.78 is 41.0. The first-order valence-electron chi connectivity index (χ1n) is 11.1. The van der Waals surface area contributed by atoms with Crippen LogP contribution < -0.4 is 10.6 Å². The van der Waals surface area contributed by atoms with Gasteiger partial charge in [-0.05, 0) is 36.5 Å². The van der Waals surface area contributed by atoms with Crippen molar-refractivity contribution in [3.63, 3.8) is 0 Å². The Morgan fingerprint density at radius 2 is 2.00 bits per heavy atom. The molecular formula is C21H30F3N3O6. The molecule has 3 aliphatic rings. The molecule has 3 amide bonds. The maximum Gasteiger partial charge on any atom is 0.522 e. The molecule has 0 aromatic carbocycles. The van der Waals surface area contributed by atoms with Gasteiger partial charge in [0.05, 0.1) is 6.04 Å². The Kier molecular flexibility index (Phi) is 7.09. The quantitative estimate of drug-likeness (QED) is 0.440. The number of aliphatic hydroxyl groups is 1. The molecule has 2 aliphatic heterocycles. The van der Waals surface area contributed by atoms with Crippen molar-refractivity contribution in [3.8, 4) is 0 Å². The lowest BCUT2D eigenvalue weighted by Gasteiger charge is -2.32. The Morgan fingerprint density at radius 1 is 1.33 bits per heavy atom. The fourth-order valence-electron chi connectivity index (χ4n) is 5.12. The topological polar surface area (TPSA) is 125 Å². The molecule has 33 heavy (non-hydrogen) atoms. The maximum atomic E-state index is 13.3. The van der Waals surface area contributed by atoms with Crippen molar-refractivity contribution in [3.05, 3.63) is 0 Å². The van der Waals surface area contributed by atoms with Gasteiger partial charge in [-0.1, -0.05) is 20.8 Å². The van der Waals surface area contributed by atoms with Gasteiger partial charge in [0.25, 0.3) is 5.91 Å². The number of aliphatic hydroxyl groups excluding tert-OH is 1. The number of likely N-dealkylation sites (tertiary alicyclic amines) is 1. The van der Waals surface area contributed by atoms with Gasteiger partial charge in [0, 0.05) is 19.0 Å². The van der Waals surface area contributed by atoms with Crippen LogP contribution in [0.2, 0.25) is 0 Å². The van der Waals surface area contributed by atoms with Crippen LogP contribution in [-0.4, -0.2) is 77.8 Å². The number of amides is 3. The van der Waals surface area contributed by atoms with Gasteiger partial charge >= 0.3 is 6.36 Å². The van der Waals surface area contributed by atoms with Crippen molar-refractivity contribution in [2.75, 3.05) is 19.7 Å². The third-order valence-corrected chi connectivity index (χ3v) is 7.20. The molecule has 0 spiro atoms. The molecule has 0 bridgehead atoms. The van der Waals surface area contributed by atoms with Crippen molar-refractivity contribution in [1.29, 1.82) is 0 Å². The average molecular weight is 477 g/mol. The Labute approximate surface area is 189 Å². The summed E-state index contributed by atoms with van der Waals surface area (Å²) >= 11 is 0. The number of piperidine rings is 1. The second-order valence-corrected chi connectivity index (χ2v) is 9.59. The number of hydrogen-bond acceptors (Lipinski definition) is 6. The smallest absolute Gasteiger partial charge is 0.383 e. The van der Waals surface area contributed by atoms with E-state index >= 15 is 0 Å². The van der Waals surface area contributed by atoms with E-state index in [9.17, 15) is 37.5 Å². The van der Waals surface area contributed by atoms with Gasteiger partial charge in [-0.3, -0.25) is 23.9 Å². The predicted octanol–water partition coefficient (Wildman–Crippen LogP) is 0.357. The molecule has 0 aromatic heterocycles. The van der Waals surface area contributed by atoms with Crippen LogP contribution in [0.1, 0.15) is 40.0 Å². The van der Waals surface area contributed by atoms with Gasteiger partial charge in [0.15, 0.2) is 5.78 Å². The zero-order chi connectivity index (χ0) is 24.7. The van der Waals surface area contributed by atoms with Gasteiger partial charge in [0.1, 0.15) is 18.8 Å². The summed E-state index contributed by atoms with van der Waals surface area (Å²) in [6, 6.07) is -2.35. The largest absolute Gasteiger partial charge is 0.522 e. The Bertz CT molecular complexity index is 818. The SMILES string of the molecule is CCC(O)C(=O)N1C[C@H]2[C@@H]([C@H]1C(=O)NC(C[C@@H]1CCNC1=O)C(=O)COC(F)(F)F)C2(C)C. The van der Waals surface area contributed by atoms with Crippen LogP contribution in [0.5, 0.6) is 0 Å². The number of ether oxygens (including phenoxy) is 1. The Balaban J connectivity index is 1.77. The molecule has 1 aliphatic carbocycles. The number of nitrogens with zero attached hydrogens (tertiary/aromatic N) is 1. The highest BCUT2D eigenvalue weighted by Crippen LogP contribution is 2.64. The molecule has 2 heterocycles. The van der Waals surface area contributed by atoms with Crippen LogP contribution in [0, 0.1) is 23.2 Å². The Morgan fingerprint density at radius 3 is 2.55 bits per heavy atom. The molecule has 2 saturated heterocycles. The minimum Gasteiger partial charge on any atom is -0.383 e. The summed E-state index contributed by atoms with van der Waals surface area (Å²) in [4.78, 5) is 51.7. The summed E-state index contributed by atoms with van der Waals surface area (Å²) in [5.74, 6) is -3.46. The van der Waals surface area contributed by atoms with E-state index in [4.69, 9.17) is 0 Å². The highest BCUT2D eigenvalue weighted by atomic mass is 19.4. The molecule has 9 nitrogen and oxygen atoms in total. The summed E-state index contributed by atoms with van der Waals surface area (Å²) in [6.07, 6.45) is -5.93. The number of ketones is 1. The number of carbonyl (C=O) groups excluding carboxylic acids is 4. The third kappa shape index (κ3) is 5.32. The van der Waals surface area contributed by atoms with Gasteiger partial charge in [-0.2, -0.15) is 0 Å². The number of carbonyl (C=O) groups is 4. The number of halogens is 3. The second kappa shape index (κ2) is 9.21. The van der Waals surface area contributed by atoms with Crippen molar-refractivity contribution in [2.24, 2.45) is 23.2 Å². The van der Waals surface area contributed by atoms with E-state index in [1.807, 2.05) is 13.8 Å². The fourth-order valence-corrected chi connectivity index (χ4v) is 5.12. The minimum atomic E-state index is -5.02. The van der Waals surface area contributed by atoms with E-state index in [1.165, 1.54) is 4.90 Å².